The number of alkyl halides is 3. The largest absolute Gasteiger partial charge is 0.497 e. The lowest BCUT2D eigenvalue weighted by Gasteiger charge is -2.36. The zero-order chi connectivity index (χ0) is 24.3. The average Bonchev–Trinajstić information content (AvgIpc) is 2.83. The van der Waals surface area contributed by atoms with Crippen LogP contribution in [0.3, 0.4) is 0 Å². The third-order valence-electron chi connectivity index (χ3n) is 5.45. The molecule has 1 aliphatic rings. The minimum Gasteiger partial charge on any atom is -0.497 e. The van der Waals surface area contributed by atoms with Crippen LogP contribution in [0.25, 0.3) is 0 Å². The summed E-state index contributed by atoms with van der Waals surface area (Å²) < 4.78 is 44.3. The maximum atomic E-state index is 13.0. The molecule has 1 fully saturated rings. The maximum Gasteiger partial charge on any atom is 0.416 e. The van der Waals surface area contributed by atoms with Crippen molar-refractivity contribution < 1.29 is 22.8 Å². The molecule has 0 spiro atoms. The number of piperazine rings is 1. The summed E-state index contributed by atoms with van der Waals surface area (Å²) >= 11 is 0. The van der Waals surface area contributed by atoms with E-state index in [1.165, 1.54) is 12.1 Å². The Morgan fingerprint density at radius 3 is 2.32 bits per heavy atom. The number of nitro groups is 1. The molecule has 1 saturated heterocycles. The highest BCUT2D eigenvalue weighted by atomic mass is 19.4. The zero-order valence-electron chi connectivity index (χ0n) is 18.1. The highest BCUT2D eigenvalue weighted by molar-refractivity contribution is 5.75. The number of methoxy groups -OCH3 is 1. The predicted octanol–water partition coefficient (Wildman–Crippen LogP) is 4.48. The lowest BCUT2D eigenvalue weighted by atomic mass is 10.2. The summed E-state index contributed by atoms with van der Waals surface area (Å²) in [6, 6.07) is 12.0. The molecular formula is C22H21F3N6O3. The van der Waals surface area contributed by atoms with Gasteiger partial charge in [0.1, 0.15) is 12.1 Å². The van der Waals surface area contributed by atoms with Crippen LogP contribution in [0.4, 0.5) is 41.9 Å². The normalized spacial score (nSPS) is 14.1. The van der Waals surface area contributed by atoms with Gasteiger partial charge in [-0.3, -0.25) is 10.1 Å². The molecule has 2 aromatic carbocycles. The third kappa shape index (κ3) is 4.95. The molecule has 12 heteroatoms. The second-order valence-corrected chi connectivity index (χ2v) is 7.53. The predicted molar refractivity (Wildman–Crippen MR) is 121 cm³/mol. The number of nitrogens with one attached hydrogen (secondary N) is 1. The smallest absolute Gasteiger partial charge is 0.416 e. The number of benzene rings is 2. The molecule has 1 N–H and O–H groups in total. The Bertz CT molecular complexity index is 1170. The summed E-state index contributed by atoms with van der Waals surface area (Å²) in [4.78, 5) is 23.2. The number of nitrogens with zero attached hydrogens (tertiary/aromatic N) is 5. The van der Waals surface area contributed by atoms with Gasteiger partial charge in [-0.15, -0.1) is 0 Å². The summed E-state index contributed by atoms with van der Waals surface area (Å²) in [6.45, 7) is 2.13. The van der Waals surface area contributed by atoms with Gasteiger partial charge in [0.2, 0.25) is 11.6 Å². The fourth-order valence-electron chi connectivity index (χ4n) is 3.74. The number of ether oxygens (including phenoxy) is 1. The Hall–Kier alpha value is -4.09. The SMILES string of the molecule is COc1ccc(N2CCN(c3ncnc(Nc4cccc(C(F)(F)F)c4)c3[N+](=O)[O-])CC2)cc1. The Labute approximate surface area is 193 Å². The van der Waals surface area contributed by atoms with E-state index in [1.54, 1.807) is 12.0 Å². The molecule has 0 saturated carbocycles. The van der Waals surface area contributed by atoms with Gasteiger partial charge >= 0.3 is 11.9 Å². The van der Waals surface area contributed by atoms with Gasteiger partial charge in [0, 0.05) is 37.6 Å². The highest BCUT2D eigenvalue weighted by Crippen LogP contribution is 2.36. The molecule has 0 aliphatic carbocycles. The molecule has 0 bridgehead atoms. The van der Waals surface area contributed by atoms with E-state index in [9.17, 15) is 23.3 Å². The van der Waals surface area contributed by atoms with E-state index < -0.39 is 22.4 Å². The topological polar surface area (TPSA) is 96.7 Å². The van der Waals surface area contributed by atoms with Crippen molar-refractivity contribution in [3.8, 4) is 5.75 Å². The van der Waals surface area contributed by atoms with Crippen LogP contribution in [-0.4, -0.2) is 48.2 Å². The van der Waals surface area contributed by atoms with Crippen LogP contribution < -0.4 is 19.9 Å². The van der Waals surface area contributed by atoms with Crippen LogP contribution in [0.2, 0.25) is 0 Å². The van der Waals surface area contributed by atoms with Crippen LogP contribution in [-0.2, 0) is 6.18 Å². The molecule has 2 heterocycles. The Kier molecular flexibility index (Phi) is 6.39. The first-order valence-electron chi connectivity index (χ1n) is 10.3. The van der Waals surface area contributed by atoms with E-state index in [1.807, 2.05) is 24.3 Å². The number of hydrogen-bond acceptors (Lipinski definition) is 8. The Morgan fingerprint density at radius 2 is 1.71 bits per heavy atom. The average molecular weight is 474 g/mol. The second-order valence-electron chi connectivity index (χ2n) is 7.53. The van der Waals surface area contributed by atoms with Crippen LogP contribution in [0.5, 0.6) is 5.75 Å². The molecule has 178 valence electrons. The minimum atomic E-state index is -4.54. The number of hydrogen-bond donors (Lipinski definition) is 1. The molecule has 1 aromatic heterocycles. The van der Waals surface area contributed by atoms with Gasteiger partial charge in [-0.1, -0.05) is 6.07 Å². The number of aromatic nitrogens is 2. The number of anilines is 4. The quantitative estimate of drug-likeness (QED) is 0.413. The first kappa shape index (κ1) is 23.1. The number of halogens is 3. The first-order valence-corrected chi connectivity index (χ1v) is 10.3. The van der Waals surface area contributed by atoms with Crippen LogP contribution in [0.1, 0.15) is 5.56 Å². The van der Waals surface area contributed by atoms with Crippen LogP contribution >= 0.6 is 0 Å². The van der Waals surface area contributed by atoms with Gasteiger partial charge < -0.3 is 19.9 Å². The summed E-state index contributed by atoms with van der Waals surface area (Å²) in [6.07, 6.45) is -3.38. The molecular weight excluding hydrogens is 453 g/mol. The zero-order valence-corrected chi connectivity index (χ0v) is 18.1. The molecule has 0 amide bonds. The molecule has 4 rings (SSSR count). The van der Waals surface area contributed by atoms with Gasteiger partial charge in [0.25, 0.3) is 0 Å². The van der Waals surface area contributed by atoms with Gasteiger partial charge in [0.05, 0.1) is 17.6 Å². The van der Waals surface area contributed by atoms with Crippen molar-refractivity contribution in [3.05, 3.63) is 70.5 Å². The Balaban J connectivity index is 1.54. The van der Waals surface area contributed by atoms with E-state index in [4.69, 9.17) is 4.74 Å². The maximum absolute atomic E-state index is 13.0. The summed E-state index contributed by atoms with van der Waals surface area (Å²) in [5, 5.41) is 14.6. The lowest BCUT2D eigenvalue weighted by Crippen LogP contribution is -2.47. The van der Waals surface area contributed by atoms with Crippen molar-refractivity contribution in [2.45, 2.75) is 6.18 Å². The molecule has 0 atom stereocenters. The van der Waals surface area contributed by atoms with Crippen molar-refractivity contribution in [2.24, 2.45) is 0 Å². The van der Waals surface area contributed by atoms with Crippen molar-refractivity contribution in [2.75, 3.05) is 48.4 Å². The fraction of sp³-hybridized carbons (Fsp3) is 0.273. The van der Waals surface area contributed by atoms with E-state index in [0.717, 1.165) is 29.9 Å². The van der Waals surface area contributed by atoms with Gasteiger partial charge in [-0.25, -0.2) is 9.97 Å². The Morgan fingerprint density at radius 1 is 1.03 bits per heavy atom. The molecule has 34 heavy (non-hydrogen) atoms. The van der Waals surface area contributed by atoms with Gasteiger partial charge in [-0.05, 0) is 42.5 Å². The lowest BCUT2D eigenvalue weighted by molar-refractivity contribution is -0.383. The second kappa shape index (κ2) is 9.41. The summed E-state index contributed by atoms with van der Waals surface area (Å²) in [7, 11) is 1.60. The molecule has 0 unspecified atom stereocenters. The molecule has 9 nitrogen and oxygen atoms in total. The van der Waals surface area contributed by atoms with E-state index in [0.29, 0.717) is 26.2 Å². The molecule has 3 aromatic rings. The third-order valence-corrected chi connectivity index (χ3v) is 5.45. The first-order chi connectivity index (χ1) is 16.3. The highest BCUT2D eigenvalue weighted by Gasteiger charge is 2.32. The van der Waals surface area contributed by atoms with Gasteiger partial charge in [-0.2, -0.15) is 13.2 Å². The van der Waals surface area contributed by atoms with Crippen molar-refractivity contribution in [1.82, 2.24) is 9.97 Å². The van der Waals surface area contributed by atoms with Crippen LogP contribution in [0, 0.1) is 10.1 Å². The molecule has 1 aliphatic heterocycles. The van der Waals surface area contributed by atoms with Crippen molar-refractivity contribution in [1.29, 1.82) is 0 Å². The summed E-state index contributed by atoms with van der Waals surface area (Å²) in [5.74, 6) is 0.690. The fourth-order valence-corrected chi connectivity index (χ4v) is 3.74. The number of rotatable bonds is 6. The van der Waals surface area contributed by atoms with Crippen molar-refractivity contribution in [3.63, 3.8) is 0 Å². The van der Waals surface area contributed by atoms with E-state index >= 15 is 0 Å². The van der Waals surface area contributed by atoms with E-state index in [2.05, 4.69) is 20.2 Å². The summed E-state index contributed by atoms with van der Waals surface area (Å²) in [5.41, 5.74) is -0.224. The van der Waals surface area contributed by atoms with Crippen LogP contribution in [0.15, 0.2) is 54.9 Å². The van der Waals surface area contributed by atoms with Crippen molar-refractivity contribution >= 4 is 28.7 Å². The minimum absolute atomic E-state index is 0.0342. The van der Waals surface area contributed by atoms with Gasteiger partial charge in [0.15, 0.2) is 0 Å². The monoisotopic (exact) mass is 474 g/mol. The van der Waals surface area contributed by atoms with E-state index in [-0.39, 0.29) is 17.3 Å². The standard InChI is InChI=1S/C22H21F3N6O3/c1-34-18-7-5-17(6-8-18)29-9-11-30(12-10-29)21-19(31(32)33)20(26-14-27-21)28-16-4-2-3-15(13-16)22(23,24)25/h2-8,13-14H,9-12H2,1H3,(H,26,27,28). The molecule has 0 radical (unpaired) electrons.